The fourth-order valence-electron chi connectivity index (χ4n) is 2.08. The maximum Gasteiger partial charge on any atom is 0.357 e. The third-order valence-corrected chi connectivity index (χ3v) is 4.83. The van der Waals surface area contributed by atoms with E-state index in [2.05, 4.69) is 0 Å². The normalized spacial score (nSPS) is 24.6. The van der Waals surface area contributed by atoms with Crippen LogP contribution in [0.1, 0.15) is 27.7 Å². The van der Waals surface area contributed by atoms with Crippen LogP contribution in [0.3, 0.4) is 0 Å². The summed E-state index contributed by atoms with van der Waals surface area (Å²) < 4.78 is 9.86. The maximum absolute atomic E-state index is 12.2. The molecular weight excluding hydrogens is 308 g/mol. The quantitative estimate of drug-likeness (QED) is 0.460. The molecule has 1 fully saturated rings. The van der Waals surface area contributed by atoms with Gasteiger partial charge in [0.25, 0.3) is 0 Å². The van der Waals surface area contributed by atoms with Crippen LogP contribution >= 0.6 is 11.8 Å². The number of thioether (sulfide) groups is 1. The second-order valence-electron chi connectivity index (χ2n) is 6.30. The van der Waals surface area contributed by atoms with Crippen molar-refractivity contribution >= 4 is 29.6 Å². The number of fused-ring (bicyclic) bond motifs is 1. The Morgan fingerprint density at radius 3 is 2.59 bits per heavy atom. The summed E-state index contributed by atoms with van der Waals surface area (Å²) in [6, 6.07) is -0.584. The zero-order valence-electron chi connectivity index (χ0n) is 13.0. The predicted octanol–water partition coefficient (Wildman–Crippen LogP) is 0.593. The van der Waals surface area contributed by atoms with E-state index >= 15 is 0 Å². The number of nitrogens with two attached hydrogens (primary N) is 1. The molecule has 2 N–H and O–H groups in total. The number of carbonyl (C=O) groups excluding carboxylic acids is 3. The molecule has 0 aliphatic carbocycles. The Labute approximate surface area is 133 Å². The fourth-order valence-corrected chi connectivity index (χ4v) is 3.32. The number of hydrogen-bond donors (Lipinski definition) is 1. The van der Waals surface area contributed by atoms with E-state index in [0.717, 1.165) is 5.57 Å². The van der Waals surface area contributed by atoms with Crippen LogP contribution in [-0.2, 0) is 23.9 Å². The van der Waals surface area contributed by atoms with Crippen LogP contribution in [0, 0.1) is 5.41 Å². The molecule has 122 valence electrons. The molecule has 1 amide bonds. The largest absolute Gasteiger partial charge is 0.427 e. The molecule has 1 unspecified atom stereocenters. The molecule has 2 atom stereocenters. The van der Waals surface area contributed by atoms with Crippen LogP contribution in [0.4, 0.5) is 0 Å². The number of amides is 1. The average molecular weight is 328 g/mol. The highest BCUT2D eigenvalue weighted by Crippen LogP contribution is 2.39. The van der Waals surface area contributed by atoms with Crippen LogP contribution < -0.4 is 5.73 Å². The van der Waals surface area contributed by atoms with Crippen LogP contribution in [-0.4, -0.2) is 46.7 Å². The van der Waals surface area contributed by atoms with Gasteiger partial charge in [-0.05, 0) is 33.3 Å². The standard InChI is InChI=1S/C14H20N2O5S/c1-7-5-22-11-8(15)10(17)16(11)9(7)12(18)20-6-21-13(19)14(2,3)4/h8,11H,5-6,15H2,1-4H3/t8?,11-/m0/s1. The minimum atomic E-state index is -0.676. The van der Waals surface area contributed by atoms with Crippen molar-refractivity contribution in [1.82, 2.24) is 4.90 Å². The Hall–Kier alpha value is -1.54. The zero-order valence-corrected chi connectivity index (χ0v) is 13.9. The monoisotopic (exact) mass is 328 g/mol. The van der Waals surface area contributed by atoms with Crippen molar-refractivity contribution < 1.29 is 23.9 Å². The van der Waals surface area contributed by atoms with E-state index in [0.29, 0.717) is 5.75 Å². The summed E-state index contributed by atoms with van der Waals surface area (Å²) >= 11 is 1.52. The molecule has 22 heavy (non-hydrogen) atoms. The number of esters is 2. The van der Waals surface area contributed by atoms with Crippen molar-refractivity contribution in [3.8, 4) is 0 Å². The molecule has 0 radical (unpaired) electrons. The van der Waals surface area contributed by atoms with E-state index < -0.39 is 30.2 Å². The van der Waals surface area contributed by atoms with E-state index in [1.54, 1.807) is 27.7 Å². The molecule has 7 nitrogen and oxygen atoms in total. The van der Waals surface area contributed by atoms with Crippen LogP contribution in [0.2, 0.25) is 0 Å². The van der Waals surface area contributed by atoms with Crippen LogP contribution in [0.15, 0.2) is 11.3 Å². The number of rotatable bonds is 3. The molecule has 8 heteroatoms. The first kappa shape index (κ1) is 16.8. The van der Waals surface area contributed by atoms with Gasteiger partial charge in [-0.3, -0.25) is 14.5 Å². The number of ether oxygens (including phenoxy) is 2. The molecule has 0 aromatic rings. The highest BCUT2D eigenvalue weighted by atomic mass is 32.2. The summed E-state index contributed by atoms with van der Waals surface area (Å²) in [5, 5.41) is -0.226. The van der Waals surface area contributed by atoms with Crippen molar-refractivity contribution in [2.75, 3.05) is 12.5 Å². The summed E-state index contributed by atoms with van der Waals surface area (Å²) in [7, 11) is 0. The van der Waals surface area contributed by atoms with Crippen LogP contribution in [0.25, 0.3) is 0 Å². The third kappa shape index (κ3) is 2.98. The minimum absolute atomic E-state index is 0.210. The molecule has 2 heterocycles. The molecule has 0 saturated carbocycles. The van der Waals surface area contributed by atoms with E-state index in [4.69, 9.17) is 15.2 Å². The van der Waals surface area contributed by atoms with Gasteiger partial charge in [0.2, 0.25) is 12.7 Å². The van der Waals surface area contributed by atoms with Gasteiger partial charge >= 0.3 is 11.9 Å². The van der Waals surface area contributed by atoms with Gasteiger partial charge in [0, 0.05) is 5.75 Å². The summed E-state index contributed by atoms with van der Waals surface area (Å²) in [4.78, 5) is 37.0. The Bertz CT molecular complexity index is 552. The first-order valence-electron chi connectivity index (χ1n) is 6.89. The highest BCUT2D eigenvalue weighted by Gasteiger charge is 2.51. The number of hydrogen-bond acceptors (Lipinski definition) is 7. The molecule has 0 aromatic carbocycles. The molecule has 0 spiro atoms. The fraction of sp³-hybridized carbons (Fsp3) is 0.643. The van der Waals surface area contributed by atoms with Gasteiger partial charge in [0.05, 0.1) is 5.41 Å². The molecular formula is C14H20N2O5S. The van der Waals surface area contributed by atoms with Crippen molar-refractivity contribution in [2.45, 2.75) is 39.1 Å². The molecule has 0 bridgehead atoms. The van der Waals surface area contributed by atoms with Crippen LogP contribution in [0.5, 0.6) is 0 Å². The van der Waals surface area contributed by atoms with Gasteiger partial charge in [0.15, 0.2) is 0 Å². The molecule has 2 rings (SSSR count). The Morgan fingerprint density at radius 1 is 1.36 bits per heavy atom. The topological polar surface area (TPSA) is 98.9 Å². The molecule has 1 saturated heterocycles. The van der Waals surface area contributed by atoms with Crippen molar-refractivity contribution in [3.05, 3.63) is 11.3 Å². The first-order chi connectivity index (χ1) is 10.1. The lowest BCUT2D eigenvalue weighted by Gasteiger charge is -2.47. The van der Waals surface area contributed by atoms with Gasteiger partial charge in [-0.1, -0.05) is 0 Å². The lowest BCUT2D eigenvalue weighted by atomic mass is 9.98. The van der Waals surface area contributed by atoms with Gasteiger partial charge in [0.1, 0.15) is 17.1 Å². The summed E-state index contributed by atoms with van der Waals surface area (Å²) in [6.07, 6.45) is 0. The lowest BCUT2D eigenvalue weighted by Crippen LogP contribution is -2.68. The van der Waals surface area contributed by atoms with E-state index in [9.17, 15) is 14.4 Å². The number of nitrogens with zero attached hydrogens (tertiary/aromatic N) is 1. The molecule has 0 aromatic heterocycles. The SMILES string of the molecule is CC1=C(C(=O)OCOC(=O)C(C)(C)C)N2C(=O)C(N)[C@@H]2SC1. The first-order valence-corrected chi connectivity index (χ1v) is 7.94. The Balaban J connectivity index is 1.97. The van der Waals surface area contributed by atoms with Gasteiger partial charge < -0.3 is 15.2 Å². The number of carbonyl (C=O) groups is 3. The van der Waals surface area contributed by atoms with Gasteiger partial charge in [-0.25, -0.2) is 4.79 Å². The van der Waals surface area contributed by atoms with Crippen molar-refractivity contribution in [3.63, 3.8) is 0 Å². The molecule has 2 aliphatic heterocycles. The van der Waals surface area contributed by atoms with Gasteiger partial charge in [-0.15, -0.1) is 11.8 Å². The highest BCUT2D eigenvalue weighted by molar-refractivity contribution is 8.00. The van der Waals surface area contributed by atoms with E-state index in [1.807, 2.05) is 0 Å². The maximum atomic E-state index is 12.2. The van der Waals surface area contributed by atoms with E-state index in [1.165, 1.54) is 16.7 Å². The second-order valence-corrected chi connectivity index (χ2v) is 7.40. The summed E-state index contributed by atoms with van der Waals surface area (Å²) in [5.74, 6) is -0.834. The minimum Gasteiger partial charge on any atom is -0.427 e. The third-order valence-electron chi connectivity index (χ3n) is 3.39. The van der Waals surface area contributed by atoms with Gasteiger partial charge in [-0.2, -0.15) is 0 Å². The molecule has 2 aliphatic rings. The predicted molar refractivity (Wildman–Crippen MR) is 80.3 cm³/mol. The average Bonchev–Trinajstić information content (AvgIpc) is 2.44. The van der Waals surface area contributed by atoms with Crippen molar-refractivity contribution in [1.29, 1.82) is 0 Å². The summed E-state index contributed by atoms with van der Waals surface area (Å²) in [6.45, 7) is 6.39. The second kappa shape index (κ2) is 5.92. The Morgan fingerprint density at radius 2 is 2.00 bits per heavy atom. The Kier molecular flexibility index (Phi) is 4.53. The lowest BCUT2D eigenvalue weighted by molar-refractivity contribution is -0.173. The zero-order chi connectivity index (χ0) is 16.7. The smallest absolute Gasteiger partial charge is 0.357 e. The summed E-state index contributed by atoms with van der Waals surface area (Å²) in [5.41, 5.74) is 6.00. The van der Waals surface area contributed by atoms with Crippen molar-refractivity contribution in [2.24, 2.45) is 11.1 Å². The van der Waals surface area contributed by atoms with E-state index in [-0.39, 0.29) is 17.0 Å². The number of β-lactam (4-membered cyclic amide) rings is 1.